The molecule has 1 saturated heterocycles. The van der Waals surface area contributed by atoms with E-state index >= 15 is 0 Å². The molecule has 150 valence electrons. The van der Waals surface area contributed by atoms with Gasteiger partial charge in [0, 0.05) is 45.7 Å². The van der Waals surface area contributed by atoms with Gasteiger partial charge in [-0.3, -0.25) is 9.69 Å². The predicted molar refractivity (Wildman–Crippen MR) is 120 cm³/mol. The Morgan fingerprint density at radius 1 is 0.964 bits per heavy atom. The molecule has 3 rings (SSSR count). The van der Waals surface area contributed by atoms with Crippen molar-refractivity contribution in [3.63, 3.8) is 0 Å². The Labute approximate surface area is 178 Å². The quantitative estimate of drug-likeness (QED) is 0.720. The van der Waals surface area contributed by atoms with Gasteiger partial charge in [-0.1, -0.05) is 66.2 Å². The van der Waals surface area contributed by atoms with Crippen molar-refractivity contribution in [3.8, 4) is 0 Å². The number of benzene rings is 2. The number of rotatable bonds is 7. The first-order valence-electron chi connectivity index (χ1n) is 9.41. The number of para-hydroxylation sites is 1. The minimum absolute atomic E-state index is 0. The zero-order valence-electron chi connectivity index (χ0n) is 15.9. The van der Waals surface area contributed by atoms with E-state index in [9.17, 15) is 4.79 Å². The van der Waals surface area contributed by atoms with Crippen LogP contribution in [0.4, 0.5) is 5.69 Å². The van der Waals surface area contributed by atoms with Crippen LogP contribution in [0.15, 0.2) is 60.7 Å². The number of carbonyl (C=O) groups is 1. The molecule has 0 atom stereocenters. The summed E-state index contributed by atoms with van der Waals surface area (Å²) in [5.41, 5.74) is 1.92. The molecule has 4 nitrogen and oxygen atoms in total. The summed E-state index contributed by atoms with van der Waals surface area (Å²) in [5.74, 6) is 0.0105. The third kappa shape index (κ3) is 7.28. The number of nitrogens with zero attached hydrogens (tertiary/aromatic N) is 2. The minimum atomic E-state index is 0. The molecule has 0 aliphatic carbocycles. The van der Waals surface area contributed by atoms with Gasteiger partial charge in [0.05, 0.1) is 10.7 Å². The third-order valence-electron chi connectivity index (χ3n) is 4.74. The van der Waals surface area contributed by atoms with Crippen molar-refractivity contribution in [2.75, 3.05) is 44.6 Å². The number of hydrogen-bond donors (Lipinski definition) is 1. The Hall–Kier alpha value is -1.85. The summed E-state index contributed by atoms with van der Waals surface area (Å²) >= 11 is 6.08. The van der Waals surface area contributed by atoms with Crippen molar-refractivity contribution in [1.29, 1.82) is 0 Å². The number of halogens is 2. The second kappa shape index (κ2) is 11.9. The summed E-state index contributed by atoms with van der Waals surface area (Å²) in [5, 5.41) is 3.46. The summed E-state index contributed by atoms with van der Waals surface area (Å²) in [7, 11) is 0. The monoisotopic (exact) mass is 419 g/mol. The van der Waals surface area contributed by atoms with Gasteiger partial charge in [-0.25, -0.2) is 0 Å². The molecular formula is C22H27Cl2N3O. The molecular weight excluding hydrogens is 393 g/mol. The fourth-order valence-electron chi connectivity index (χ4n) is 3.13. The highest BCUT2D eigenvalue weighted by Gasteiger charge is 2.16. The van der Waals surface area contributed by atoms with E-state index in [0.29, 0.717) is 17.1 Å². The van der Waals surface area contributed by atoms with Gasteiger partial charge >= 0.3 is 0 Å². The predicted octanol–water partition coefficient (Wildman–Crippen LogP) is 4.42. The van der Waals surface area contributed by atoms with Crippen molar-refractivity contribution >= 4 is 41.7 Å². The van der Waals surface area contributed by atoms with Crippen LogP contribution >= 0.6 is 24.0 Å². The van der Waals surface area contributed by atoms with Crippen LogP contribution in [0.1, 0.15) is 12.0 Å². The van der Waals surface area contributed by atoms with Gasteiger partial charge in [-0.2, -0.15) is 0 Å². The maximum absolute atomic E-state index is 12.1. The maximum Gasteiger partial charge on any atom is 0.225 e. The second-order valence-electron chi connectivity index (χ2n) is 6.73. The van der Waals surface area contributed by atoms with E-state index < -0.39 is 0 Å². The van der Waals surface area contributed by atoms with Crippen molar-refractivity contribution in [3.05, 3.63) is 71.3 Å². The summed E-state index contributed by atoms with van der Waals surface area (Å²) in [6.45, 7) is 5.81. The summed E-state index contributed by atoms with van der Waals surface area (Å²) in [6, 6.07) is 17.7. The lowest BCUT2D eigenvalue weighted by atomic mass is 10.2. The first-order chi connectivity index (χ1) is 13.2. The molecule has 28 heavy (non-hydrogen) atoms. The Bertz CT molecular complexity index is 759. The van der Waals surface area contributed by atoms with Crippen molar-refractivity contribution < 1.29 is 4.79 Å². The molecule has 1 N–H and O–H groups in total. The van der Waals surface area contributed by atoms with Gasteiger partial charge in [0.25, 0.3) is 0 Å². The highest BCUT2D eigenvalue weighted by atomic mass is 35.5. The fraction of sp³-hybridized carbons (Fsp3) is 0.318. The molecule has 1 fully saturated rings. The van der Waals surface area contributed by atoms with Gasteiger partial charge in [0.1, 0.15) is 0 Å². The maximum atomic E-state index is 12.1. The van der Waals surface area contributed by atoms with Crippen molar-refractivity contribution in [2.24, 2.45) is 0 Å². The van der Waals surface area contributed by atoms with Crippen LogP contribution in [-0.4, -0.2) is 55.0 Å². The average molecular weight is 420 g/mol. The lowest BCUT2D eigenvalue weighted by molar-refractivity contribution is -0.116. The number of nitrogens with one attached hydrogen (secondary N) is 1. The standard InChI is InChI=1S/C22H26ClN3O.ClH/c23-20-10-4-5-11-21(20)24-22(27)12-14-26-17-15-25(16-18-26)13-6-9-19-7-2-1-3-8-19;/h1-11H,12-18H2,(H,24,27);1H/b9-6+;. The van der Waals surface area contributed by atoms with E-state index in [0.717, 1.165) is 39.3 Å². The molecule has 0 saturated carbocycles. The molecule has 0 radical (unpaired) electrons. The molecule has 0 aromatic heterocycles. The highest BCUT2D eigenvalue weighted by Crippen LogP contribution is 2.20. The molecule has 0 spiro atoms. The molecule has 2 aromatic rings. The van der Waals surface area contributed by atoms with Gasteiger partial charge < -0.3 is 10.2 Å². The smallest absolute Gasteiger partial charge is 0.225 e. The topological polar surface area (TPSA) is 35.6 Å². The van der Waals surface area contributed by atoms with Crippen LogP contribution in [0, 0.1) is 0 Å². The summed E-state index contributed by atoms with van der Waals surface area (Å²) < 4.78 is 0. The van der Waals surface area contributed by atoms with Gasteiger partial charge in [0.2, 0.25) is 5.91 Å². The third-order valence-corrected chi connectivity index (χ3v) is 5.07. The lowest BCUT2D eigenvalue weighted by Crippen LogP contribution is -2.46. The Kier molecular flexibility index (Phi) is 9.51. The van der Waals surface area contributed by atoms with E-state index in [1.165, 1.54) is 5.56 Å². The zero-order chi connectivity index (χ0) is 18.9. The average Bonchev–Trinajstić information content (AvgIpc) is 2.70. The number of hydrogen-bond acceptors (Lipinski definition) is 3. The fourth-order valence-corrected chi connectivity index (χ4v) is 3.32. The summed E-state index contributed by atoms with van der Waals surface area (Å²) in [6.07, 6.45) is 4.88. The number of carbonyl (C=O) groups excluding carboxylic acids is 1. The van der Waals surface area contributed by atoms with Crippen molar-refractivity contribution in [2.45, 2.75) is 6.42 Å². The second-order valence-corrected chi connectivity index (χ2v) is 7.14. The number of amides is 1. The van der Waals surface area contributed by atoms with Gasteiger partial charge in [0.15, 0.2) is 0 Å². The van der Waals surface area contributed by atoms with Crippen LogP contribution in [0.5, 0.6) is 0 Å². The molecule has 1 amide bonds. The molecule has 1 aliphatic heterocycles. The molecule has 6 heteroatoms. The molecule has 1 heterocycles. The van der Waals surface area contributed by atoms with E-state index in [4.69, 9.17) is 11.6 Å². The van der Waals surface area contributed by atoms with Crippen LogP contribution in [0.3, 0.4) is 0 Å². The molecule has 0 bridgehead atoms. The first kappa shape index (κ1) is 22.4. The Morgan fingerprint density at radius 3 is 2.32 bits per heavy atom. The van der Waals surface area contributed by atoms with Crippen LogP contribution in [0.25, 0.3) is 6.08 Å². The molecule has 0 unspecified atom stereocenters. The molecule has 2 aromatic carbocycles. The Balaban J connectivity index is 0.00000280. The van der Waals surface area contributed by atoms with Gasteiger partial charge in [-0.05, 0) is 17.7 Å². The molecule has 1 aliphatic rings. The van der Waals surface area contributed by atoms with E-state index in [1.54, 1.807) is 6.07 Å². The van der Waals surface area contributed by atoms with Crippen LogP contribution < -0.4 is 5.32 Å². The number of anilines is 1. The number of piperazine rings is 1. The Morgan fingerprint density at radius 2 is 1.61 bits per heavy atom. The normalized spacial score (nSPS) is 15.3. The zero-order valence-corrected chi connectivity index (χ0v) is 17.5. The van der Waals surface area contributed by atoms with E-state index in [2.05, 4.69) is 51.5 Å². The summed E-state index contributed by atoms with van der Waals surface area (Å²) in [4.78, 5) is 16.9. The van der Waals surface area contributed by atoms with Crippen molar-refractivity contribution in [1.82, 2.24) is 9.80 Å². The SMILES string of the molecule is Cl.O=C(CCN1CCN(C/C=C/c2ccccc2)CC1)Nc1ccccc1Cl. The largest absolute Gasteiger partial charge is 0.325 e. The lowest BCUT2D eigenvalue weighted by Gasteiger charge is -2.34. The first-order valence-corrected chi connectivity index (χ1v) is 9.79. The van der Waals surface area contributed by atoms with Crippen LogP contribution in [-0.2, 0) is 4.79 Å². The van der Waals surface area contributed by atoms with Crippen LogP contribution in [0.2, 0.25) is 5.02 Å². The minimum Gasteiger partial charge on any atom is -0.325 e. The highest BCUT2D eigenvalue weighted by molar-refractivity contribution is 6.33. The van der Waals surface area contributed by atoms with Gasteiger partial charge in [-0.15, -0.1) is 12.4 Å². The van der Waals surface area contributed by atoms with E-state index in [-0.39, 0.29) is 18.3 Å². The van der Waals surface area contributed by atoms with E-state index in [1.807, 2.05) is 24.3 Å².